The van der Waals surface area contributed by atoms with E-state index in [1.807, 2.05) is 37.3 Å². The number of aryl methyl sites for hydroxylation is 1. The van der Waals surface area contributed by atoms with Gasteiger partial charge in [-0.3, -0.25) is 0 Å². The van der Waals surface area contributed by atoms with E-state index in [4.69, 9.17) is 17.3 Å². The van der Waals surface area contributed by atoms with Crippen molar-refractivity contribution in [3.05, 3.63) is 45.4 Å². The van der Waals surface area contributed by atoms with Crippen molar-refractivity contribution in [2.45, 2.75) is 6.92 Å². The largest absolute Gasteiger partial charge is 0.398 e. The maximum absolute atomic E-state index is 6.18. The van der Waals surface area contributed by atoms with Crippen LogP contribution in [0.5, 0.6) is 0 Å². The summed E-state index contributed by atoms with van der Waals surface area (Å²) < 4.78 is 0.920. The van der Waals surface area contributed by atoms with E-state index < -0.39 is 0 Å². The highest BCUT2D eigenvalue weighted by Gasteiger charge is 2.10. The molecule has 3 rings (SSSR count). The van der Waals surface area contributed by atoms with Crippen molar-refractivity contribution in [3.8, 4) is 11.4 Å². The van der Waals surface area contributed by atoms with Crippen LogP contribution in [0.15, 0.2) is 34.8 Å². The number of nitrogens with two attached hydrogens (primary N) is 1. The minimum Gasteiger partial charge on any atom is -0.398 e. The van der Waals surface area contributed by atoms with Crippen LogP contribution in [0.25, 0.3) is 22.4 Å². The molecule has 0 saturated heterocycles. The van der Waals surface area contributed by atoms with E-state index in [9.17, 15) is 0 Å². The molecule has 3 aromatic rings. The van der Waals surface area contributed by atoms with Gasteiger partial charge in [0.15, 0.2) is 0 Å². The Morgan fingerprint density at radius 1 is 1.26 bits per heavy atom. The summed E-state index contributed by atoms with van der Waals surface area (Å²) in [6, 6.07) is 9.67. The van der Waals surface area contributed by atoms with Crippen molar-refractivity contribution >= 4 is 44.3 Å². The van der Waals surface area contributed by atoms with E-state index in [0.29, 0.717) is 5.02 Å². The van der Waals surface area contributed by atoms with Gasteiger partial charge in [0.2, 0.25) is 0 Å². The monoisotopic (exact) mass is 335 g/mol. The van der Waals surface area contributed by atoms with E-state index in [1.165, 1.54) is 0 Å². The van der Waals surface area contributed by atoms with Gasteiger partial charge in [-0.2, -0.15) is 0 Å². The zero-order chi connectivity index (χ0) is 13.6. The average Bonchev–Trinajstić information content (AvgIpc) is 2.76. The van der Waals surface area contributed by atoms with Crippen molar-refractivity contribution in [1.29, 1.82) is 0 Å². The Morgan fingerprint density at radius 3 is 2.79 bits per heavy atom. The van der Waals surface area contributed by atoms with Gasteiger partial charge < -0.3 is 10.7 Å². The molecule has 0 saturated carbocycles. The van der Waals surface area contributed by atoms with Crippen molar-refractivity contribution in [2.75, 3.05) is 5.73 Å². The molecule has 3 N–H and O–H groups in total. The lowest BCUT2D eigenvalue weighted by molar-refractivity contribution is 1.33. The quantitative estimate of drug-likeness (QED) is 0.641. The number of imidazole rings is 1. The molecule has 0 amide bonds. The molecule has 96 valence electrons. The SMILES string of the molecule is Cc1ccc(-c2nc3c(Cl)cc(Br)cc3[nH]2)cc1N. The Labute approximate surface area is 123 Å². The fraction of sp³-hybridized carbons (Fsp3) is 0.0714. The number of fused-ring (bicyclic) bond motifs is 1. The molecule has 1 heterocycles. The van der Waals surface area contributed by atoms with Crippen molar-refractivity contribution < 1.29 is 0 Å². The number of rotatable bonds is 1. The van der Waals surface area contributed by atoms with Gasteiger partial charge in [-0.15, -0.1) is 0 Å². The minimum absolute atomic E-state index is 0.618. The lowest BCUT2D eigenvalue weighted by atomic mass is 10.1. The van der Waals surface area contributed by atoms with Gasteiger partial charge in [-0.05, 0) is 30.7 Å². The fourth-order valence-electron chi connectivity index (χ4n) is 1.97. The molecule has 19 heavy (non-hydrogen) atoms. The summed E-state index contributed by atoms with van der Waals surface area (Å²) in [5.41, 5.74) is 10.4. The Hall–Kier alpha value is -1.52. The highest BCUT2D eigenvalue weighted by atomic mass is 79.9. The number of H-pyrrole nitrogens is 1. The first kappa shape index (κ1) is 12.5. The molecule has 0 aliphatic rings. The third kappa shape index (κ3) is 2.22. The number of nitrogens with one attached hydrogen (secondary N) is 1. The van der Waals surface area contributed by atoms with E-state index in [-0.39, 0.29) is 0 Å². The van der Waals surface area contributed by atoms with E-state index in [1.54, 1.807) is 0 Å². The molecule has 0 spiro atoms. The second-order valence-electron chi connectivity index (χ2n) is 4.44. The molecular formula is C14H11BrClN3. The third-order valence-electron chi connectivity index (χ3n) is 3.06. The summed E-state index contributed by atoms with van der Waals surface area (Å²) in [5, 5.41) is 0.618. The zero-order valence-corrected chi connectivity index (χ0v) is 12.5. The summed E-state index contributed by atoms with van der Waals surface area (Å²) in [6.45, 7) is 1.98. The van der Waals surface area contributed by atoms with E-state index in [2.05, 4.69) is 25.9 Å². The lowest BCUT2D eigenvalue weighted by Gasteiger charge is -2.01. The number of nitrogens with zero attached hydrogens (tertiary/aromatic N) is 1. The number of hydrogen-bond acceptors (Lipinski definition) is 2. The maximum Gasteiger partial charge on any atom is 0.138 e. The van der Waals surface area contributed by atoms with Gasteiger partial charge in [0.1, 0.15) is 11.3 Å². The molecule has 0 aliphatic carbocycles. The van der Waals surface area contributed by atoms with Crippen LogP contribution >= 0.6 is 27.5 Å². The summed E-state index contributed by atoms with van der Waals surface area (Å²) in [7, 11) is 0. The fourth-order valence-corrected chi connectivity index (χ4v) is 2.82. The van der Waals surface area contributed by atoms with E-state index >= 15 is 0 Å². The predicted molar refractivity (Wildman–Crippen MR) is 83.4 cm³/mol. The Morgan fingerprint density at radius 2 is 2.05 bits per heavy atom. The second-order valence-corrected chi connectivity index (χ2v) is 5.76. The summed E-state index contributed by atoms with van der Waals surface area (Å²) in [4.78, 5) is 7.79. The number of aromatic nitrogens is 2. The summed E-state index contributed by atoms with van der Waals surface area (Å²) in [6.07, 6.45) is 0. The molecule has 2 aromatic carbocycles. The van der Waals surface area contributed by atoms with Crippen LogP contribution in [-0.4, -0.2) is 9.97 Å². The highest BCUT2D eigenvalue weighted by Crippen LogP contribution is 2.30. The van der Waals surface area contributed by atoms with Gasteiger partial charge in [0.05, 0.1) is 10.5 Å². The molecular weight excluding hydrogens is 326 g/mol. The number of anilines is 1. The second kappa shape index (κ2) is 4.54. The minimum atomic E-state index is 0.618. The van der Waals surface area contributed by atoms with Gasteiger partial charge in [0.25, 0.3) is 0 Å². The van der Waals surface area contributed by atoms with E-state index in [0.717, 1.165) is 38.1 Å². The zero-order valence-electron chi connectivity index (χ0n) is 10.2. The number of aromatic amines is 1. The van der Waals surface area contributed by atoms with Crippen LogP contribution in [-0.2, 0) is 0 Å². The van der Waals surface area contributed by atoms with Crippen LogP contribution < -0.4 is 5.73 Å². The molecule has 1 aromatic heterocycles. The Bertz CT molecular complexity index is 780. The summed E-state index contributed by atoms with van der Waals surface area (Å²) >= 11 is 9.60. The molecule has 0 bridgehead atoms. The smallest absolute Gasteiger partial charge is 0.138 e. The van der Waals surface area contributed by atoms with Crippen LogP contribution in [0.2, 0.25) is 5.02 Å². The molecule has 5 heteroatoms. The first-order valence-corrected chi connectivity index (χ1v) is 6.93. The number of nitrogen functional groups attached to an aromatic ring is 1. The van der Waals surface area contributed by atoms with Crippen LogP contribution in [0, 0.1) is 6.92 Å². The Balaban J connectivity index is 2.20. The molecule has 0 radical (unpaired) electrons. The first-order chi connectivity index (χ1) is 9.04. The molecule has 0 fully saturated rings. The van der Waals surface area contributed by atoms with Crippen molar-refractivity contribution in [3.63, 3.8) is 0 Å². The number of halogens is 2. The predicted octanol–water partition coefficient (Wildman–Crippen LogP) is 4.54. The van der Waals surface area contributed by atoms with Crippen molar-refractivity contribution in [1.82, 2.24) is 9.97 Å². The number of benzene rings is 2. The molecule has 0 atom stereocenters. The normalized spacial score (nSPS) is 11.1. The van der Waals surface area contributed by atoms with Gasteiger partial charge in [0, 0.05) is 15.7 Å². The van der Waals surface area contributed by atoms with Crippen molar-refractivity contribution in [2.24, 2.45) is 0 Å². The van der Waals surface area contributed by atoms with Crippen LogP contribution in [0.4, 0.5) is 5.69 Å². The Kier molecular flexibility index (Phi) is 2.99. The highest BCUT2D eigenvalue weighted by molar-refractivity contribution is 9.10. The molecule has 0 unspecified atom stereocenters. The number of hydrogen-bond donors (Lipinski definition) is 2. The maximum atomic E-state index is 6.18. The third-order valence-corrected chi connectivity index (χ3v) is 3.80. The lowest BCUT2D eigenvalue weighted by Crippen LogP contribution is -1.90. The van der Waals surface area contributed by atoms with Crippen LogP contribution in [0.3, 0.4) is 0 Å². The molecule has 0 aliphatic heterocycles. The average molecular weight is 337 g/mol. The molecule has 3 nitrogen and oxygen atoms in total. The summed E-state index contributed by atoms with van der Waals surface area (Å²) in [5.74, 6) is 0.765. The van der Waals surface area contributed by atoms with Gasteiger partial charge in [-0.25, -0.2) is 4.98 Å². The van der Waals surface area contributed by atoms with Gasteiger partial charge in [-0.1, -0.05) is 39.7 Å². The topological polar surface area (TPSA) is 54.7 Å². The van der Waals surface area contributed by atoms with Gasteiger partial charge >= 0.3 is 0 Å². The standard InChI is InChI=1S/C14H11BrClN3/c1-7-2-3-8(4-11(7)17)14-18-12-6-9(15)5-10(16)13(12)19-14/h2-6H,17H2,1H3,(H,18,19). The van der Waals surface area contributed by atoms with Crippen LogP contribution in [0.1, 0.15) is 5.56 Å². The first-order valence-electron chi connectivity index (χ1n) is 5.76.